The predicted molar refractivity (Wildman–Crippen MR) is 115 cm³/mol. The molecule has 0 saturated heterocycles. The third-order valence-electron chi connectivity index (χ3n) is 4.80. The van der Waals surface area contributed by atoms with E-state index in [4.69, 9.17) is 4.74 Å². The topological polar surface area (TPSA) is 103 Å². The number of rotatable bonds is 6. The Morgan fingerprint density at radius 1 is 1.00 bits per heavy atom. The minimum atomic E-state index is -4.81. The van der Waals surface area contributed by atoms with Crippen LogP contribution in [0.15, 0.2) is 66.9 Å². The summed E-state index contributed by atoms with van der Waals surface area (Å²) in [6, 6.07) is 14.2. The first-order chi connectivity index (χ1) is 16.1. The number of fused-ring (bicyclic) bond motifs is 1. The van der Waals surface area contributed by atoms with Crippen molar-refractivity contribution in [3.8, 4) is 17.4 Å². The predicted octanol–water partition coefficient (Wildman–Crippen LogP) is 5.21. The van der Waals surface area contributed by atoms with Gasteiger partial charge in [-0.3, -0.25) is 4.79 Å². The van der Waals surface area contributed by atoms with E-state index in [0.717, 1.165) is 17.5 Å². The van der Waals surface area contributed by atoms with Crippen molar-refractivity contribution in [1.82, 2.24) is 9.55 Å². The monoisotopic (exact) mass is 471 g/mol. The standard InChI is InChI=1S/C23H16F3N3O5/c1-29-18-11-17(8-4-14(18)10-19(29)22(31)32)33-20-9-5-15(12-27-20)28-21(30)13-2-6-16(7-3-13)34-23(24,25)26/h2-12H,1H3,(H,28,30)(H,31,32). The molecule has 2 aromatic carbocycles. The van der Waals surface area contributed by atoms with Crippen LogP contribution < -0.4 is 14.8 Å². The molecule has 2 N–H and O–H groups in total. The molecule has 0 unspecified atom stereocenters. The lowest BCUT2D eigenvalue weighted by atomic mass is 10.2. The zero-order valence-electron chi connectivity index (χ0n) is 17.5. The molecule has 0 aliphatic carbocycles. The number of hydrogen-bond donors (Lipinski definition) is 2. The fourth-order valence-electron chi connectivity index (χ4n) is 3.23. The molecule has 4 rings (SSSR count). The molecule has 1 amide bonds. The highest BCUT2D eigenvalue weighted by Crippen LogP contribution is 2.27. The maximum absolute atomic E-state index is 12.3. The molecule has 8 nitrogen and oxygen atoms in total. The smallest absolute Gasteiger partial charge is 0.477 e. The summed E-state index contributed by atoms with van der Waals surface area (Å²) in [5.74, 6) is -1.34. The summed E-state index contributed by atoms with van der Waals surface area (Å²) in [6.07, 6.45) is -3.45. The summed E-state index contributed by atoms with van der Waals surface area (Å²) in [5, 5.41) is 12.6. The van der Waals surface area contributed by atoms with Gasteiger partial charge in [-0.25, -0.2) is 9.78 Å². The van der Waals surface area contributed by atoms with E-state index < -0.39 is 24.0 Å². The summed E-state index contributed by atoms with van der Waals surface area (Å²) >= 11 is 0. The van der Waals surface area contributed by atoms with Crippen molar-refractivity contribution in [2.75, 3.05) is 5.32 Å². The number of nitrogens with zero attached hydrogens (tertiary/aromatic N) is 2. The fraction of sp³-hybridized carbons (Fsp3) is 0.0870. The summed E-state index contributed by atoms with van der Waals surface area (Å²) in [7, 11) is 1.64. The van der Waals surface area contributed by atoms with Gasteiger partial charge in [0, 0.05) is 30.1 Å². The SMILES string of the molecule is Cn1c(C(=O)O)cc2ccc(Oc3ccc(NC(=O)c4ccc(OC(F)(F)F)cc4)cn3)cc21. The number of nitrogens with one attached hydrogen (secondary N) is 1. The number of carbonyl (C=O) groups is 2. The van der Waals surface area contributed by atoms with E-state index in [9.17, 15) is 27.9 Å². The average Bonchev–Trinajstić information content (AvgIpc) is 3.11. The van der Waals surface area contributed by atoms with Gasteiger partial charge in [-0.15, -0.1) is 13.2 Å². The van der Waals surface area contributed by atoms with Crippen LogP contribution in [0.25, 0.3) is 10.9 Å². The number of halogens is 3. The fourth-order valence-corrected chi connectivity index (χ4v) is 3.23. The quantitative estimate of drug-likeness (QED) is 0.400. The first kappa shape index (κ1) is 22.6. The lowest BCUT2D eigenvalue weighted by Gasteiger charge is -2.10. The van der Waals surface area contributed by atoms with Crippen molar-refractivity contribution >= 4 is 28.5 Å². The Hall–Kier alpha value is -4.54. The van der Waals surface area contributed by atoms with Crippen molar-refractivity contribution in [2.45, 2.75) is 6.36 Å². The number of amides is 1. The Kier molecular flexibility index (Phi) is 5.84. The Balaban J connectivity index is 1.41. The van der Waals surface area contributed by atoms with E-state index in [2.05, 4.69) is 15.0 Å². The van der Waals surface area contributed by atoms with Crippen LogP contribution in [0.1, 0.15) is 20.8 Å². The Labute approximate surface area is 190 Å². The molecular weight excluding hydrogens is 455 g/mol. The second kappa shape index (κ2) is 8.77. The van der Waals surface area contributed by atoms with Gasteiger partial charge in [-0.1, -0.05) is 0 Å². The zero-order chi connectivity index (χ0) is 24.5. The molecule has 0 bridgehead atoms. The number of carboxylic acid groups (broad SMARTS) is 1. The Morgan fingerprint density at radius 2 is 1.71 bits per heavy atom. The van der Waals surface area contributed by atoms with E-state index in [0.29, 0.717) is 17.0 Å². The first-order valence-electron chi connectivity index (χ1n) is 9.73. The normalized spacial score (nSPS) is 11.3. The lowest BCUT2D eigenvalue weighted by Crippen LogP contribution is -2.17. The number of carbonyl (C=O) groups excluding carboxylic acids is 1. The molecule has 0 aliphatic heterocycles. The molecule has 0 fully saturated rings. The maximum Gasteiger partial charge on any atom is 0.573 e. The Morgan fingerprint density at radius 3 is 2.32 bits per heavy atom. The molecule has 0 spiro atoms. The minimum Gasteiger partial charge on any atom is -0.477 e. The van der Waals surface area contributed by atoms with Crippen LogP contribution in [-0.4, -0.2) is 32.9 Å². The third kappa shape index (κ3) is 5.09. The number of pyridine rings is 1. The largest absolute Gasteiger partial charge is 0.573 e. The van der Waals surface area contributed by atoms with Crippen LogP contribution in [-0.2, 0) is 7.05 Å². The number of aromatic carboxylic acids is 1. The summed E-state index contributed by atoms with van der Waals surface area (Å²) in [5.41, 5.74) is 1.29. The molecular formula is C23H16F3N3O5. The summed E-state index contributed by atoms with van der Waals surface area (Å²) in [4.78, 5) is 27.7. The zero-order valence-corrected chi connectivity index (χ0v) is 17.5. The van der Waals surface area contributed by atoms with Gasteiger partial charge in [0.2, 0.25) is 5.88 Å². The number of anilines is 1. The van der Waals surface area contributed by atoms with Crippen LogP contribution >= 0.6 is 0 Å². The number of carboxylic acids is 1. The van der Waals surface area contributed by atoms with Crippen LogP contribution in [0.3, 0.4) is 0 Å². The second-order valence-corrected chi connectivity index (χ2v) is 7.13. The second-order valence-electron chi connectivity index (χ2n) is 7.13. The van der Waals surface area contributed by atoms with Gasteiger partial charge in [0.15, 0.2) is 0 Å². The molecule has 0 radical (unpaired) electrons. The Bertz CT molecular complexity index is 1360. The maximum atomic E-state index is 12.3. The van der Waals surface area contributed by atoms with Crippen molar-refractivity contribution in [3.63, 3.8) is 0 Å². The number of ether oxygens (including phenoxy) is 2. The van der Waals surface area contributed by atoms with E-state index in [1.807, 2.05) is 0 Å². The van der Waals surface area contributed by atoms with Gasteiger partial charge in [0.05, 0.1) is 17.4 Å². The average molecular weight is 471 g/mol. The number of aryl methyl sites for hydroxylation is 1. The van der Waals surface area contributed by atoms with Crippen molar-refractivity contribution in [3.05, 3.63) is 78.1 Å². The third-order valence-corrected chi connectivity index (χ3v) is 4.80. The van der Waals surface area contributed by atoms with Crippen molar-refractivity contribution in [2.24, 2.45) is 7.05 Å². The molecule has 0 atom stereocenters. The molecule has 11 heteroatoms. The highest BCUT2D eigenvalue weighted by molar-refractivity contribution is 6.04. The molecule has 0 aliphatic rings. The number of aromatic nitrogens is 2. The van der Waals surface area contributed by atoms with E-state index >= 15 is 0 Å². The van der Waals surface area contributed by atoms with Crippen LogP contribution in [0, 0.1) is 0 Å². The molecule has 174 valence electrons. The summed E-state index contributed by atoms with van der Waals surface area (Å²) < 4.78 is 47.7. The lowest BCUT2D eigenvalue weighted by molar-refractivity contribution is -0.274. The summed E-state index contributed by atoms with van der Waals surface area (Å²) in [6.45, 7) is 0. The number of hydrogen-bond acceptors (Lipinski definition) is 5. The van der Waals surface area contributed by atoms with E-state index in [1.54, 1.807) is 41.9 Å². The van der Waals surface area contributed by atoms with Crippen LogP contribution in [0.5, 0.6) is 17.4 Å². The van der Waals surface area contributed by atoms with Gasteiger partial charge < -0.3 is 24.5 Å². The molecule has 34 heavy (non-hydrogen) atoms. The number of alkyl halides is 3. The highest BCUT2D eigenvalue weighted by atomic mass is 19.4. The van der Waals surface area contributed by atoms with Crippen LogP contribution in [0.4, 0.5) is 18.9 Å². The highest BCUT2D eigenvalue weighted by Gasteiger charge is 2.31. The molecule has 4 aromatic rings. The molecule has 0 saturated carbocycles. The van der Waals surface area contributed by atoms with Crippen molar-refractivity contribution < 1.29 is 37.3 Å². The van der Waals surface area contributed by atoms with E-state index in [1.165, 1.54) is 24.4 Å². The minimum absolute atomic E-state index is 0.131. The first-order valence-corrected chi connectivity index (χ1v) is 9.73. The van der Waals surface area contributed by atoms with Gasteiger partial charge in [0.25, 0.3) is 5.91 Å². The van der Waals surface area contributed by atoms with Gasteiger partial charge in [-0.05, 0) is 48.5 Å². The van der Waals surface area contributed by atoms with Gasteiger partial charge in [-0.2, -0.15) is 0 Å². The molecule has 2 aromatic heterocycles. The molecule has 2 heterocycles. The number of benzene rings is 2. The van der Waals surface area contributed by atoms with Gasteiger partial charge >= 0.3 is 12.3 Å². The van der Waals surface area contributed by atoms with Crippen LogP contribution in [0.2, 0.25) is 0 Å². The van der Waals surface area contributed by atoms with E-state index in [-0.39, 0.29) is 17.1 Å². The van der Waals surface area contributed by atoms with Gasteiger partial charge in [0.1, 0.15) is 17.2 Å². The van der Waals surface area contributed by atoms with Crippen molar-refractivity contribution in [1.29, 1.82) is 0 Å².